The number of hydrogen-bond acceptors (Lipinski definition) is 6. The number of thiazole rings is 1. The van der Waals surface area contributed by atoms with Gasteiger partial charge in [-0.2, -0.15) is 0 Å². The third-order valence-corrected chi connectivity index (χ3v) is 5.70. The predicted octanol–water partition coefficient (Wildman–Crippen LogP) is 3.78. The molecule has 0 bridgehead atoms. The Hall–Kier alpha value is -3.46. The molecule has 152 valence electrons. The van der Waals surface area contributed by atoms with E-state index in [2.05, 4.69) is 15.6 Å². The van der Waals surface area contributed by atoms with E-state index < -0.39 is 11.7 Å². The Bertz CT molecular complexity index is 1160. The van der Waals surface area contributed by atoms with E-state index in [1.165, 1.54) is 29.5 Å². The van der Waals surface area contributed by atoms with Crippen molar-refractivity contribution in [2.75, 3.05) is 23.8 Å². The predicted molar refractivity (Wildman–Crippen MR) is 110 cm³/mol. The average molecular weight is 425 g/mol. The van der Waals surface area contributed by atoms with Crippen LogP contribution in [0.25, 0.3) is 11.3 Å². The maximum Gasteiger partial charge on any atom is 0.234 e. The monoisotopic (exact) mass is 425 g/mol. The molecule has 0 fully saturated rings. The number of nitrogens with one attached hydrogen (secondary N) is 2. The summed E-state index contributed by atoms with van der Waals surface area (Å²) in [6.07, 6.45) is -0.00907. The van der Waals surface area contributed by atoms with Crippen LogP contribution >= 0.6 is 11.3 Å². The number of ether oxygens (including phenoxy) is 2. The van der Waals surface area contributed by atoms with E-state index in [9.17, 15) is 14.0 Å². The lowest BCUT2D eigenvalue weighted by Gasteiger charge is -2.24. The van der Waals surface area contributed by atoms with E-state index in [0.717, 1.165) is 5.56 Å². The van der Waals surface area contributed by atoms with Crippen LogP contribution in [0.3, 0.4) is 0 Å². The molecule has 9 heteroatoms. The molecule has 0 saturated heterocycles. The van der Waals surface area contributed by atoms with Crippen LogP contribution in [0.4, 0.5) is 15.2 Å². The van der Waals surface area contributed by atoms with Crippen molar-refractivity contribution in [3.8, 4) is 22.8 Å². The van der Waals surface area contributed by atoms with Crippen molar-refractivity contribution in [1.82, 2.24) is 4.98 Å². The van der Waals surface area contributed by atoms with Crippen molar-refractivity contribution in [2.45, 2.75) is 12.3 Å². The molecule has 0 unspecified atom stereocenters. The van der Waals surface area contributed by atoms with Crippen molar-refractivity contribution >= 4 is 34.0 Å². The maximum atomic E-state index is 13.5. The Morgan fingerprint density at radius 2 is 2.00 bits per heavy atom. The van der Waals surface area contributed by atoms with Crippen LogP contribution in [0.2, 0.25) is 0 Å². The van der Waals surface area contributed by atoms with Gasteiger partial charge in [0.25, 0.3) is 0 Å². The summed E-state index contributed by atoms with van der Waals surface area (Å²) < 4.78 is 24.6. The minimum atomic E-state index is -0.712. The van der Waals surface area contributed by atoms with Crippen LogP contribution in [0.15, 0.2) is 41.8 Å². The number of anilines is 2. The molecule has 0 saturated carbocycles. The lowest BCUT2D eigenvalue weighted by molar-refractivity contribution is -0.123. The quantitative estimate of drug-likeness (QED) is 0.667. The molecule has 5 rings (SSSR count). The number of hydrogen-bond donors (Lipinski definition) is 2. The van der Waals surface area contributed by atoms with Crippen molar-refractivity contribution in [2.24, 2.45) is 0 Å². The number of fused-ring (bicyclic) bond motifs is 2. The molecule has 3 heterocycles. The highest BCUT2D eigenvalue weighted by atomic mass is 32.1. The average Bonchev–Trinajstić information content (AvgIpc) is 3.21. The highest BCUT2D eigenvalue weighted by Crippen LogP contribution is 2.36. The fraction of sp³-hybridized carbons (Fsp3) is 0.190. The number of carbonyl (C=O) groups excluding carboxylic acids is 2. The summed E-state index contributed by atoms with van der Waals surface area (Å²) in [5.41, 5.74) is 2.43. The number of benzene rings is 2. The number of carbonyl (C=O) groups is 2. The van der Waals surface area contributed by atoms with Gasteiger partial charge in [0, 0.05) is 23.1 Å². The van der Waals surface area contributed by atoms with Gasteiger partial charge in [0.15, 0.2) is 16.6 Å². The lowest BCUT2D eigenvalue weighted by Crippen LogP contribution is -2.30. The van der Waals surface area contributed by atoms with Crippen LogP contribution in [0.1, 0.15) is 17.9 Å². The second-order valence-corrected chi connectivity index (χ2v) is 7.78. The molecule has 7 nitrogen and oxygen atoms in total. The first-order valence-electron chi connectivity index (χ1n) is 9.32. The Balaban J connectivity index is 1.36. The summed E-state index contributed by atoms with van der Waals surface area (Å²) in [7, 11) is 0. The molecule has 1 atom stereocenters. The fourth-order valence-electron chi connectivity index (χ4n) is 3.53. The third kappa shape index (κ3) is 3.48. The summed E-state index contributed by atoms with van der Waals surface area (Å²) in [4.78, 5) is 29.3. The van der Waals surface area contributed by atoms with Gasteiger partial charge in [-0.05, 0) is 35.9 Å². The van der Waals surface area contributed by atoms with Gasteiger partial charge in [-0.15, -0.1) is 11.3 Å². The molecule has 2 N–H and O–H groups in total. The molecular weight excluding hydrogens is 409 g/mol. The zero-order valence-electron chi connectivity index (χ0n) is 15.6. The van der Waals surface area contributed by atoms with Gasteiger partial charge in [-0.25, -0.2) is 9.37 Å². The summed E-state index contributed by atoms with van der Waals surface area (Å²) in [6.45, 7) is 1.02. The standard InChI is InChI=1S/C21H16FN3O4S/c22-12-2-3-13-14(9-19(26)23-15(13)8-12)20(27)25-21-24-16(10-30-21)11-1-4-17-18(7-11)29-6-5-28-17/h1-4,7-8,10,14H,5-6,9H2,(H,23,26)(H,24,25,27)/t14-/m0/s1. The van der Waals surface area contributed by atoms with Crippen molar-refractivity contribution in [1.29, 1.82) is 0 Å². The normalized spacial score (nSPS) is 17.1. The van der Waals surface area contributed by atoms with E-state index >= 15 is 0 Å². The first-order chi connectivity index (χ1) is 14.6. The van der Waals surface area contributed by atoms with Crippen LogP contribution in [-0.2, 0) is 9.59 Å². The van der Waals surface area contributed by atoms with E-state index in [4.69, 9.17) is 9.47 Å². The topological polar surface area (TPSA) is 89.6 Å². The molecule has 0 aliphatic carbocycles. The van der Waals surface area contributed by atoms with Gasteiger partial charge in [-0.3, -0.25) is 9.59 Å². The Labute approximate surface area is 174 Å². The summed E-state index contributed by atoms with van der Waals surface area (Å²) in [5, 5.41) is 7.63. The SMILES string of the molecule is O=C1C[C@H](C(=O)Nc2nc(-c3ccc4c(c3)OCCO4)cs2)c2ccc(F)cc2N1. The van der Waals surface area contributed by atoms with Crippen LogP contribution in [-0.4, -0.2) is 30.0 Å². The number of rotatable bonds is 3. The molecule has 0 spiro atoms. The highest BCUT2D eigenvalue weighted by Gasteiger charge is 2.31. The minimum absolute atomic E-state index is 0.00907. The summed E-state index contributed by atoms with van der Waals surface area (Å²) in [5.74, 6) is -0.519. The van der Waals surface area contributed by atoms with Crippen LogP contribution in [0, 0.1) is 5.82 Å². The molecular formula is C21H16FN3O4S. The van der Waals surface area contributed by atoms with E-state index in [-0.39, 0.29) is 18.2 Å². The van der Waals surface area contributed by atoms with E-state index in [0.29, 0.717) is 46.8 Å². The molecule has 30 heavy (non-hydrogen) atoms. The molecule has 0 radical (unpaired) electrons. The molecule has 3 aromatic rings. The van der Waals surface area contributed by atoms with Crippen LogP contribution in [0.5, 0.6) is 11.5 Å². The second-order valence-electron chi connectivity index (χ2n) is 6.92. The van der Waals surface area contributed by atoms with E-state index in [1.807, 2.05) is 23.6 Å². The Morgan fingerprint density at radius 1 is 1.17 bits per heavy atom. The van der Waals surface area contributed by atoms with Gasteiger partial charge in [0.05, 0.1) is 11.6 Å². The molecule has 2 amide bonds. The molecule has 2 aromatic carbocycles. The molecule has 2 aliphatic rings. The fourth-order valence-corrected chi connectivity index (χ4v) is 4.25. The number of nitrogens with zero attached hydrogens (tertiary/aromatic N) is 1. The van der Waals surface area contributed by atoms with Crippen LogP contribution < -0.4 is 20.1 Å². The zero-order chi connectivity index (χ0) is 20.7. The van der Waals surface area contributed by atoms with Gasteiger partial charge < -0.3 is 20.1 Å². The number of halogens is 1. The largest absolute Gasteiger partial charge is 0.486 e. The highest BCUT2D eigenvalue weighted by molar-refractivity contribution is 7.14. The summed E-state index contributed by atoms with van der Waals surface area (Å²) >= 11 is 1.28. The maximum absolute atomic E-state index is 13.5. The Kier molecular flexibility index (Phi) is 4.59. The van der Waals surface area contributed by atoms with Gasteiger partial charge in [0.2, 0.25) is 11.8 Å². The molecule has 1 aromatic heterocycles. The van der Waals surface area contributed by atoms with Crippen molar-refractivity contribution < 1.29 is 23.5 Å². The smallest absolute Gasteiger partial charge is 0.234 e. The third-order valence-electron chi connectivity index (χ3n) is 4.94. The number of amides is 2. The zero-order valence-corrected chi connectivity index (χ0v) is 16.4. The minimum Gasteiger partial charge on any atom is -0.486 e. The van der Waals surface area contributed by atoms with Gasteiger partial charge in [0.1, 0.15) is 19.0 Å². The molecule has 2 aliphatic heterocycles. The lowest BCUT2D eigenvalue weighted by atomic mass is 9.90. The summed E-state index contributed by atoms with van der Waals surface area (Å²) in [6, 6.07) is 9.58. The second kappa shape index (κ2) is 7.42. The van der Waals surface area contributed by atoms with Crippen molar-refractivity contribution in [3.63, 3.8) is 0 Å². The number of aromatic nitrogens is 1. The Morgan fingerprint density at radius 3 is 2.87 bits per heavy atom. The first kappa shape index (κ1) is 18.6. The van der Waals surface area contributed by atoms with E-state index in [1.54, 1.807) is 0 Å². The van der Waals surface area contributed by atoms with Gasteiger partial charge in [-0.1, -0.05) is 6.07 Å². The van der Waals surface area contributed by atoms with Crippen molar-refractivity contribution in [3.05, 3.63) is 53.2 Å². The first-order valence-corrected chi connectivity index (χ1v) is 10.2. The van der Waals surface area contributed by atoms with Gasteiger partial charge >= 0.3 is 0 Å².